The molecule has 1 amide bonds. The third-order valence-electron chi connectivity index (χ3n) is 6.03. The van der Waals surface area contributed by atoms with Crippen molar-refractivity contribution in [2.75, 3.05) is 23.3 Å². The highest BCUT2D eigenvalue weighted by molar-refractivity contribution is 5.93. The molecule has 27 heavy (non-hydrogen) atoms. The number of carbonyl (C=O) groups is 1. The zero-order valence-electron chi connectivity index (χ0n) is 16.0. The quantitative estimate of drug-likeness (QED) is 0.773. The molecular weight excluding hydrogens is 334 g/mol. The molecule has 0 saturated carbocycles. The summed E-state index contributed by atoms with van der Waals surface area (Å²) in [6, 6.07) is 15.0. The van der Waals surface area contributed by atoms with Crippen LogP contribution < -0.4 is 16.0 Å². The van der Waals surface area contributed by atoms with E-state index < -0.39 is 0 Å². The van der Waals surface area contributed by atoms with Gasteiger partial charge in [0.2, 0.25) is 5.91 Å². The number of allylic oxidation sites excluding steroid dienone is 2. The molecule has 2 aromatic carbocycles. The van der Waals surface area contributed by atoms with Gasteiger partial charge in [-0.25, -0.2) is 0 Å². The highest BCUT2D eigenvalue weighted by Crippen LogP contribution is 2.50. The van der Waals surface area contributed by atoms with Gasteiger partial charge in [-0.2, -0.15) is 0 Å². The Balaban J connectivity index is 1.66. The molecule has 4 rings (SSSR count). The van der Waals surface area contributed by atoms with Crippen molar-refractivity contribution in [1.82, 2.24) is 0 Å². The van der Waals surface area contributed by atoms with Gasteiger partial charge >= 0.3 is 0 Å². The predicted octanol–water partition coefficient (Wildman–Crippen LogP) is 4.46. The van der Waals surface area contributed by atoms with Crippen molar-refractivity contribution in [2.45, 2.75) is 32.2 Å². The summed E-state index contributed by atoms with van der Waals surface area (Å²) in [5.41, 5.74) is 10.9. The average molecular weight is 361 g/mol. The molecule has 1 heterocycles. The molecule has 4 heteroatoms. The number of nitrogens with two attached hydrogens (primary N) is 1. The normalized spacial score (nSPS) is 22.7. The molecule has 2 aliphatic rings. The molecule has 2 aromatic rings. The van der Waals surface area contributed by atoms with Crippen molar-refractivity contribution in [3.8, 4) is 0 Å². The lowest BCUT2D eigenvalue weighted by atomic mass is 9.76. The van der Waals surface area contributed by atoms with Crippen LogP contribution in [0.1, 0.15) is 53.7 Å². The smallest absolute Gasteiger partial charge is 0.248 e. The number of benzene rings is 2. The van der Waals surface area contributed by atoms with E-state index in [9.17, 15) is 4.79 Å². The minimum atomic E-state index is -0.370. The summed E-state index contributed by atoms with van der Waals surface area (Å²) in [5, 5.41) is 3.72. The van der Waals surface area contributed by atoms with Gasteiger partial charge in [-0.05, 0) is 67.6 Å². The zero-order valence-corrected chi connectivity index (χ0v) is 16.0. The third-order valence-corrected chi connectivity index (χ3v) is 6.03. The molecule has 0 fully saturated rings. The molecule has 0 bridgehead atoms. The van der Waals surface area contributed by atoms with E-state index in [1.165, 1.54) is 16.8 Å². The lowest BCUT2D eigenvalue weighted by Gasteiger charge is -2.38. The van der Waals surface area contributed by atoms with Crippen LogP contribution in [0, 0.1) is 5.92 Å². The SMILES string of the molecule is CCN(CC)c1ccc(C2Nc3ccc(C(N)=O)cc3C3C=CCC32)cc1. The zero-order chi connectivity index (χ0) is 19.0. The Morgan fingerprint density at radius 1 is 1.15 bits per heavy atom. The first kappa shape index (κ1) is 17.7. The number of primary amides is 1. The molecule has 3 unspecified atom stereocenters. The lowest BCUT2D eigenvalue weighted by Crippen LogP contribution is -2.29. The first-order valence-electron chi connectivity index (χ1n) is 9.84. The molecule has 3 N–H and O–H groups in total. The second-order valence-corrected chi connectivity index (χ2v) is 7.41. The van der Waals surface area contributed by atoms with Crippen molar-refractivity contribution in [3.63, 3.8) is 0 Å². The number of amides is 1. The standard InChI is InChI=1S/C23H27N3O/c1-3-26(4-2)17-11-8-15(9-12-17)22-19-7-5-6-18(19)20-14-16(23(24)27)10-13-21(20)25-22/h5-6,8-14,18-19,22,25H,3-4,7H2,1-2H3,(H2,24,27). The highest BCUT2D eigenvalue weighted by Gasteiger charge is 2.38. The van der Waals surface area contributed by atoms with Crippen molar-refractivity contribution in [1.29, 1.82) is 0 Å². The summed E-state index contributed by atoms with van der Waals surface area (Å²) in [6.45, 7) is 6.40. The van der Waals surface area contributed by atoms with E-state index in [1.807, 2.05) is 18.2 Å². The van der Waals surface area contributed by atoms with E-state index in [0.29, 0.717) is 17.4 Å². The number of anilines is 2. The number of carbonyl (C=O) groups excluding carboxylic acids is 1. The van der Waals surface area contributed by atoms with Crippen LogP contribution in [0.25, 0.3) is 0 Å². The fraction of sp³-hybridized carbons (Fsp3) is 0.348. The Morgan fingerprint density at radius 3 is 2.56 bits per heavy atom. The molecule has 4 nitrogen and oxygen atoms in total. The largest absolute Gasteiger partial charge is 0.378 e. The van der Waals surface area contributed by atoms with Crippen LogP contribution in [-0.2, 0) is 0 Å². The van der Waals surface area contributed by atoms with Crippen LogP contribution in [0.3, 0.4) is 0 Å². The molecule has 1 aliphatic carbocycles. The van der Waals surface area contributed by atoms with Crippen molar-refractivity contribution >= 4 is 17.3 Å². The topological polar surface area (TPSA) is 58.4 Å². The van der Waals surface area contributed by atoms with E-state index in [0.717, 1.165) is 25.2 Å². The van der Waals surface area contributed by atoms with Gasteiger partial charge in [-0.3, -0.25) is 4.79 Å². The van der Waals surface area contributed by atoms with Gasteiger partial charge in [0.25, 0.3) is 0 Å². The van der Waals surface area contributed by atoms with Gasteiger partial charge in [-0.15, -0.1) is 0 Å². The van der Waals surface area contributed by atoms with Crippen molar-refractivity contribution < 1.29 is 4.79 Å². The Hall–Kier alpha value is -2.75. The summed E-state index contributed by atoms with van der Waals surface area (Å²) < 4.78 is 0. The van der Waals surface area contributed by atoms with Gasteiger partial charge < -0.3 is 16.0 Å². The van der Waals surface area contributed by atoms with Crippen molar-refractivity contribution in [3.05, 3.63) is 71.3 Å². The number of fused-ring (bicyclic) bond motifs is 3. The molecule has 140 valence electrons. The number of nitrogens with zero attached hydrogens (tertiary/aromatic N) is 1. The fourth-order valence-electron chi connectivity index (χ4n) is 4.56. The Bertz CT molecular complexity index is 868. The van der Waals surface area contributed by atoms with Crippen LogP contribution in [0.5, 0.6) is 0 Å². The third kappa shape index (κ3) is 3.09. The maximum atomic E-state index is 11.6. The Morgan fingerprint density at radius 2 is 1.89 bits per heavy atom. The molecule has 0 spiro atoms. The summed E-state index contributed by atoms with van der Waals surface area (Å²) in [4.78, 5) is 13.9. The Kier molecular flexibility index (Phi) is 4.65. The van der Waals surface area contributed by atoms with Crippen LogP contribution in [0.15, 0.2) is 54.6 Å². The summed E-state index contributed by atoms with van der Waals surface area (Å²) in [7, 11) is 0. The fourth-order valence-corrected chi connectivity index (χ4v) is 4.56. The van der Waals surface area contributed by atoms with E-state index in [-0.39, 0.29) is 11.9 Å². The van der Waals surface area contributed by atoms with Gasteiger partial charge in [0.05, 0.1) is 6.04 Å². The molecular formula is C23H27N3O. The van der Waals surface area contributed by atoms with Gasteiger partial charge in [0.1, 0.15) is 0 Å². The minimum absolute atomic E-state index is 0.266. The number of rotatable bonds is 5. The van der Waals surface area contributed by atoms with Crippen molar-refractivity contribution in [2.24, 2.45) is 11.7 Å². The van der Waals surface area contributed by atoms with E-state index in [1.54, 1.807) is 0 Å². The summed E-state index contributed by atoms with van der Waals surface area (Å²) >= 11 is 0. The van der Waals surface area contributed by atoms with Gasteiger partial charge in [0.15, 0.2) is 0 Å². The Labute approximate surface area is 161 Å². The van der Waals surface area contributed by atoms with Crippen LogP contribution >= 0.6 is 0 Å². The van der Waals surface area contributed by atoms with E-state index in [2.05, 4.69) is 60.5 Å². The monoisotopic (exact) mass is 361 g/mol. The predicted molar refractivity (Wildman–Crippen MR) is 111 cm³/mol. The molecule has 1 aliphatic heterocycles. The maximum Gasteiger partial charge on any atom is 0.248 e. The molecule has 0 saturated heterocycles. The van der Waals surface area contributed by atoms with E-state index >= 15 is 0 Å². The molecule has 0 aromatic heterocycles. The van der Waals surface area contributed by atoms with Crippen LogP contribution in [0.2, 0.25) is 0 Å². The summed E-state index contributed by atoms with van der Waals surface area (Å²) in [6.07, 6.45) is 5.59. The molecule has 3 atom stereocenters. The van der Waals surface area contributed by atoms with Gasteiger partial charge in [0, 0.05) is 35.9 Å². The average Bonchev–Trinajstić information content (AvgIpc) is 3.18. The first-order valence-corrected chi connectivity index (χ1v) is 9.84. The first-order chi connectivity index (χ1) is 13.1. The summed E-state index contributed by atoms with van der Waals surface area (Å²) in [5.74, 6) is 0.415. The minimum Gasteiger partial charge on any atom is -0.378 e. The van der Waals surface area contributed by atoms with Crippen LogP contribution in [0.4, 0.5) is 11.4 Å². The number of nitrogens with one attached hydrogen (secondary N) is 1. The number of hydrogen-bond donors (Lipinski definition) is 2. The number of hydrogen-bond acceptors (Lipinski definition) is 3. The second-order valence-electron chi connectivity index (χ2n) is 7.41. The van der Waals surface area contributed by atoms with Crippen LogP contribution in [-0.4, -0.2) is 19.0 Å². The second kappa shape index (κ2) is 7.10. The maximum absolute atomic E-state index is 11.6. The highest BCUT2D eigenvalue weighted by atomic mass is 16.1. The lowest BCUT2D eigenvalue weighted by molar-refractivity contribution is 0.1000. The van der Waals surface area contributed by atoms with Gasteiger partial charge in [-0.1, -0.05) is 24.3 Å². The van der Waals surface area contributed by atoms with E-state index in [4.69, 9.17) is 5.73 Å². The molecule has 0 radical (unpaired) electrons.